The molecule has 1 atom stereocenters. The summed E-state index contributed by atoms with van der Waals surface area (Å²) in [5.74, 6) is 0. The summed E-state index contributed by atoms with van der Waals surface area (Å²) in [6.07, 6.45) is 1.80. The minimum Gasteiger partial charge on any atom is -0.399 e. The van der Waals surface area contributed by atoms with Gasteiger partial charge in [-0.3, -0.25) is 0 Å². The van der Waals surface area contributed by atoms with Gasteiger partial charge < -0.3 is 5.73 Å². The largest absolute Gasteiger partial charge is 0.399 e. The molecule has 0 radical (unpaired) electrons. The third-order valence-electron chi connectivity index (χ3n) is 2.39. The first-order chi connectivity index (χ1) is 8.16. The molecule has 2 N–H and O–H groups in total. The summed E-state index contributed by atoms with van der Waals surface area (Å²) < 4.78 is 1.03. The zero-order valence-electron chi connectivity index (χ0n) is 9.43. The Labute approximate surface area is 114 Å². The zero-order valence-corrected chi connectivity index (χ0v) is 11.8. The van der Waals surface area contributed by atoms with Crippen molar-refractivity contribution < 1.29 is 0 Å². The number of rotatable bonds is 3. The van der Waals surface area contributed by atoms with E-state index >= 15 is 0 Å². The van der Waals surface area contributed by atoms with Gasteiger partial charge in [0.15, 0.2) is 0 Å². The van der Waals surface area contributed by atoms with E-state index in [-0.39, 0.29) is 0 Å². The third-order valence-corrected chi connectivity index (χ3v) is 4.47. The molecule has 0 aliphatic carbocycles. The van der Waals surface area contributed by atoms with Crippen molar-refractivity contribution in [2.45, 2.75) is 17.2 Å². The Morgan fingerprint density at radius 1 is 1.29 bits per heavy atom. The Balaban J connectivity index is 2.17. The van der Waals surface area contributed by atoms with Gasteiger partial charge in [0.2, 0.25) is 0 Å². The van der Waals surface area contributed by atoms with Gasteiger partial charge in [0.25, 0.3) is 0 Å². The molecule has 0 amide bonds. The van der Waals surface area contributed by atoms with Crippen LogP contribution >= 0.6 is 27.7 Å². The second-order valence-corrected chi connectivity index (χ2v) is 5.90. The SMILES string of the molecule is CC(Sc1ncccc1Br)c1cccc(N)c1. The number of hydrogen-bond donors (Lipinski definition) is 1. The van der Waals surface area contributed by atoms with Crippen LogP contribution in [0, 0.1) is 0 Å². The summed E-state index contributed by atoms with van der Waals surface area (Å²) in [5, 5.41) is 1.33. The number of aromatic nitrogens is 1. The second-order valence-electron chi connectivity index (χ2n) is 3.72. The molecule has 1 unspecified atom stereocenters. The highest BCUT2D eigenvalue weighted by molar-refractivity contribution is 9.10. The normalized spacial score (nSPS) is 12.4. The first-order valence-corrected chi connectivity index (χ1v) is 6.96. The van der Waals surface area contributed by atoms with Crippen molar-refractivity contribution in [3.8, 4) is 0 Å². The number of anilines is 1. The van der Waals surface area contributed by atoms with Gasteiger partial charge in [-0.05, 0) is 52.7 Å². The summed E-state index contributed by atoms with van der Waals surface area (Å²) in [4.78, 5) is 4.35. The molecule has 88 valence electrons. The first kappa shape index (κ1) is 12.5. The van der Waals surface area contributed by atoms with Crippen LogP contribution in [0.4, 0.5) is 5.69 Å². The molecule has 4 heteroatoms. The molecule has 0 spiro atoms. The Kier molecular flexibility index (Phi) is 4.07. The topological polar surface area (TPSA) is 38.9 Å². The lowest BCUT2D eigenvalue weighted by atomic mass is 10.1. The molecule has 0 fully saturated rings. The van der Waals surface area contributed by atoms with Crippen LogP contribution < -0.4 is 5.73 Å². The fourth-order valence-corrected chi connectivity index (χ4v) is 2.96. The van der Waals surface area contributed by atoms with Gasteiger partial charge in [0, 0.05) is 21.6 Å². The fourth-order valence-electron chi connectivity index (χ4n) is 1.51. The molecule has 0 bridgehead atoms. The van der Waals surface area contributed by atoms with Crippen LogP contribution in [0.2, 0.25) is 0 Å². The van der Waals surface area contributed by atoms with Crippen LogP contribution in [0.3, 0.4) is 0 Å². The van der Waals surface area contributed by atoms with Gasteiger partial charge >= 0.3 is 0 Å². The maximum atomic E-state index is 5.79. The molecule has 2 rings (SSSR count). The van der Waals surface area contributed by atoms with Crippen LogP contribution in [-0.4, -0.2) is 4.98 Å². The molecular weight excluding hydrogens is 296 g/mol. The molecule has 1 aromatic carbocycles. The van der Waals surface area contributed by atoms with E-state index in [4.69, 9.17) is 5.73 Å². The molecule has 0 aliphatic rings. The lowest BCUT2D eigenvalue weighted by Crippen LogP contribution is -1.92. The highest BCUT2D eigenvalue weighted by Gasteiger charge is 2.10. The van der Waals surface area contributed by atoms with Crippen LogP contribution in [-0.2, 0) is 0 Å². The maximum Gasteiger partial charge on any atom is 0.111 e. The minimum absolute atomic E-state index is 0.324. The van der Waals surface area contributed by atoms with Gasteiger partial charge in [-0.15, -0.1) is 0 Å². The van der Waals surface area contributed by atoms with Crippen LogP contribution in [0.1, 0.15) is 17.7 Å². The van der Waals surface area contributed by atoms with Gasteiger partial charge in [-0.1, -0.05) is 23.9 Å². The molecule has 2 nitrogen and oxygen atoms in total. The average molecular weight is 309 g/mol. The van der Waals surface area contributed by atoms with Crippen molar-refractivity contribution >= 4 is 33.4 Å². The van der Waals surface area contributed by atoms with Crippen LogP contribution in [0.25, 0.3) is 0 Å². The van der Waals surface area contributed by atoms with E-state index in [0.717, 1.165) is 15.2 Å². The fraction of sp³-hybridized carbons (Fsp3) is 0.154. The highest BCUT2D eigenvalue weighted by Crippen LogP contribution is 2.37. The van der Waals surface area contributed by atoms with Gasteiger partial charge in [0.1, 0.15) is 5.03 Å². The number of thioether (sulfide) groups is 1. The van der Waals surface area contributed by atoms with Crippen LogP contribution in [0.15, 0.2) is 52.1 Å². The molecule has 0 saturated carbocycles. The lowest BCUT2D eigenvalue weighted by Gasteiger charge is -2.12. The number of benzene rings is 1. The van der Waals surface area contributed by atoms with Crippen molar-refractivity contribution in [3.63, 3.8) is 0 Å². The highest BCUT2D eigenvalue weighted by atomic mass is 79.9. The first-order valence-electron chi connectivity index (χ1n) is 5.29. The number of pyridine rings is 1. The Bertz CT molecular complexity index is 516. The number of nitrogen functional groups attached to an aromatic ring is 1. The summed E-state index contributed by atoms with van der Waals surface area (Å²) in [6, 6.07) is 11.9. The van der Waals surface area contributed by atoms with Gasteiger partial charge in [-0.25, -0.2) is 4.98 Å². The van der Waals surface area contributed by atoms with E-state index in [9.17, 15) is 0 Å². The Morgan fingerprint density at radius 2 is 2.12 bits per heavy atom. The molecule has 1 heterocycles. The molecule has 17 heavy (non-hydrogen) atoms. The molecule has 2 aromatic rings. The predicted octanol–water partition coefficient (Wildman–Crippen LogP) is 4.28. The smallest absolute Gasteiger partial charge is 0.111 e. The minimum atomic E-state index is 0.324. The predicted molar refractivity (Wildman–Crippen MR) is 77.1 cm³/mol. The zero-order chi connectivity index (χ0) is 12.3. The lowest BCUT2D eigenvalue weighted by molar-refractivity contribution is 1.05. The summed E-state index contributed by atoms with van der Waals surface area (Å²) in [6.45, 7) is 2.15. The van der Waals surface area contributed by atoms with Gasteiger partial charge in [-0.2, -0.15) is 0 Å². The van der Waals surface area contributed by atoms with Crippen molar-refractivity contribution in [2.75, 3.05) is 5.73 Å². The van der Waals surface area contributed by atoms with Crippen molar-refractivity contribution in [1.82, 2.24) is 4.98 Å². The van der Waals surface area contributed by atoms with E-state index in [0.29, 0.717) is 5.25 Å². The standard InChI is InChI=1S/C13H13BrN2S/c1-9(10-4-2-5-11(15)8-10)17-13-12(14)6-3-7-16-13/h2-9H,15H2,1H3. The quantitative estimate of drug-likeness (QED) is 0.679. The summed E-state index contributed by atoms with van der Waals surface area (Å²) in [5.41, 5.74) is 7.80. The van der Waals surface area contributed by atoms with Gasteiger partial charge in [0.05, 0.1) is 0 Å². The Hall–Kier alpha value is -1.00. The van der Waals surface area contributed by atoms with Crippen LogP contribution in [0.5, 0.6) is 0 Å². The Morgan fingerprint density at radius 3 is 2.82 bits per heavy atom. The molecule has 0 aliphatic heterocycles. The summed E-state index contributed by atoms with van der Waals surface area (Å²) >= 11 is 5.22. The van der Waals surface area contributed by atoms with E-state index in [1.807, 2.05) is 30.3 Å². The van der Waals surface area contributed by atoms with Crippen molar-refractivity contribution in [2.24, 2.45) is 0 Å². The van der Waals surface area contributed by atoms with E-state index < -0.39 is 0 Å². The van der Waals surface area contributed by atoms with E-state index in [1.165, 1.54) is 5.56 Å². The van der Waals surface area contributed by atoms with Crippen molar-refractivity contribution in [1.29, 1.82) is 0 Å². The number of nitrogens with zero attached hydrogens (tertiary/aromatic N) is 1. The van der Waals surface area contributed by atoms with Crippen molar-refractivity contribution in [3.05, 3.63) is 52.6 Å². The molecule has 1 aromatic heterocycles. The number of nitrogens with two attached hydrogens (primary N) is 1. The molecule has 0 saturated heterocycles. The maximum absolute atomic E-state index is 5.79. The summed E-state index contributed by atoms with van der Waals surface area (Å²) in [7, 11) is 0. The second kappa shape index (κ2) is 5.56. The number of hydrogen-bond acceptors (Lipinski definition) is 3. The monoisotopic (exact) mass is 308 g/mol. The number of halogens is 1. The average Bonchev–Trinajstić information content (AvgIpc) is 2.32. The van der Waals surface area contributed by atoms with E-state index in [1.54, 1.807) is 18.0 Å². The third kappa shape index (κ3) is 3.23. The molecular formula is C13H13BrN2S. The van der Waals surface area contributed by atoms with E-state index in [2.05, 4.69) is 33.9 Å².